The topological polar surface area (TPSA) is 47.6 Å². The van der Waals surface area contributed by atoms with Crippen molar-refractivity contribution in [2.45, 2.75) is 12.8 Å². The van der Waals surface area contributed by atoms with Crippen molar-refractivity contribution >= 4 is 62.0 Å². The number of rotatable bonds is 7. The van der Waals surface area contributed by atoms with E-state index in [2.05, 4.69) is 20.4 Å². The lowest BCUT2D eigenvalue weighted by molar-refractivity contribution is 0.247. The minimum atomic E-state index is -0.233. The highest BCUT2D eigenvalue weighted by molar-refractivity contribution is 7.23. The molecule has 32 heavy (non-hydrogen) atoms. The lowest BCUT2D eigenvalue weighted by Gasteiger charge is -2.36. The number of nitrogens with zero attached hydrogens (tertiary/aromatic N) is 2. The Morgan fingerprint density at radius 3 is 2.53 bits per heavy atom. The lowest BCUT2D eigenvalue weighted by atomic mass is 10.2. The number of urea groups is 1. The van der Waals surface area contributed by atoms with Gasteiger partial charge in [0.15, 0.2) is 0 Å². The molecule has 0 spiro atoms. The number of hydrogen-bond acceptors (Lipinski definition) is 4. The fraction of sp³-hybridized carbons (Fsp3) is 0.348. The average molecular weight is 495 g/mol. The van der Waals surface area contributed by atoms with Gasteiger partial charge in [-0.25, -0.2) is 9.18 Å². The molecule has 0 aliphatic carbocycles. The third kappa shape index (κ3) is 5.84. The number of amides is 2. The zero-order valence-electron chi connectivity index (χ0n) is 17.5. The lowest BCUT2D eigenvalue weighted by Crippen LogP contribution is -2.46. The highest BCUT2D eigenvalue weighted by atomic mass is 35.5. The normalized spacial score (nSPS) is 14.7. The molecule has 170 valence electrons. The molecule has 0 bridgehead atoms. The molecule has 0 unspecified atom stereocenters. The summed E-state index contributed by atoms with van der Waals surface area (Å²) in [6.45, 7) is 5.33. The molecule has 9 heteroatoms. The van der Waals surface area contributed by atoms with Gasteiger partial charge in [-0.3, -0.25) is 4.90 Å². The number of carbonyl (C=O) groups excluding carboxylic acids is 1. The molecule has 1 aliphatic rings. The number of piperazine rings is 1. The van der Waals surface area contributed by atoms with Crippen LogP contribution in [-0.2, 0) is 0 Å². The number of halogens is 3. The maximum atomic E-state index is 13.5. The van der Waals surface area contributed by atoms with E-state index in [-0.39, 0.29) is 11.8 Å². The Morgan fingerprint density at radius 2 is 1.78 bits per heavy atom. The van der Waals surface area contributed by atoms with Gasteiger partial charge in [-0.2, -0.15) is 0 Å². The zero-order chi connectivity index (χ0) is 22.5. The third-order valence-electron chi connectivity index (χ3n) is 5.56. The number of thiophene rings is 1. The van der Waals surface area contributed by atoms with Crippen LogP contribution in [0, 0.1) is 5.82 Å². The van der Waals surface area contributed by atoms with Gasteiger partial charge in [0.05, 0.1) is 5.69 Å². The molecule has 1 saturated heterocycles. The monoisotopic (exact) mass is 494 g/mol. The number of hydrogen-bond donors (Lipinski definition) is 2. The maximum Gasteiger partial charge on any atom is 0.319 e. The van der Waals surface area contributed by atoms with Crippen LogP contribution in [0.4, 0.5) is 20.6 Å². The van der Waals surface area contributed by atoms with Crippen LogP contribution in [0.1, 0.15) is 12.8 Å². The van der Waals surface area contributed by atoms with E-state index in [4.69, 9.17) is 23.2 Å². The van der Waals surface area contributed by atoms with Crippen molar-refractivity contribution in [3.8, 4) is 0 Å². The minimum Gasteiger partial charge on any atom is -0.367 e. The smallest absolute Gasteiger partial charge is 0.319 e. The molecular formula is C23H25Cl2FN4OS. The first-order valence-electron chi connectivity index (χ1n) is 10.6. The summed E-state index contributed by atoms with van der Waals surface area (Å²) in [5.41, 5.74) is 1.75. The van der Waals surface area contributed by atoms with E-state index in [1.54, 1.807) is 30.3 Å². The van der Waals surface area contributed by atoms with Gasteiger partial charge in [0, 0.05) is 53.5 Å². The molecule has 2 N–H and O–H groups in total. The largest absolute Gasteiger partial charge is 0.367 e. The van der Waals surface area contributed by atoms with Gasteiger partial charge >= 0.3 is 6.03 Å². The molecular weight excluding hydrogens is 470 g/mol. The summed E-state index contributed by atoms with van der Waals surface area (Å²) < 4.78 is 15.1. The van der Waals surface area contributed by atoms with Gasteiger partial charge in [0.1, 0.15) is 10.2 Å². The van der Waals surface area contributed by atoms with E-state index in [1.807, 2.05) is 6.07 Å². The van der Waals surface area contributed by atoms with Crippen molar-refractivity contribution < 1.29 is 9.18 Å². The Labute approximate surface area is 201 Å². The molecule has 0 radical (unpaired) electrons. The molecule has 1 aliphatic heterocycles. The van der Waals surface area contributed by atoms with E-state index >= 15 is 0 Å². The summed E-state index contributed by atoms with van der Waals surface area (Å²) in [5.74, 6) is -0.233. The van der Waals surface area contributed by atoms with Gasteiger partial charge < -0.3 is 15.5 Å². The number of fused-ring (bicyclic) bond motifs is 1. The van der Waals surface area contributed by atoms with Gasteiger partial charge in [0.25, 0.3) is 0 Å². The van der Waals surface area contributed by atoms with Crippen molar-refractivity contribution in [2.24, 2.45) is 0 Å². The molecule has 2 amide bonds. The van der Waals surface area contributed by atoms with Crippen LogP contribution in [0.2, 0.25) is 9.36 Å². The molecule has 0 atom stereocenters. The Bertz CT molecular complexity index is 1070. The number of carbonyl (C=O) groups is 1. The van der Waals surface area contributed by atoms with Crippen LogP contribution in [0.25, 0.3) is 10.1 Å². The predicted octanol–water partition coefficient (Wildman–Crippen LogP) is 6.07. The second kappa shape index (κ2) is 10.7. The number of benzene rings is 2. The van der Waals surface area contributed by atoms with Gasteiger partial charge in [-0.15, -0.1) is 11.3 Å². The van der Waals surface area contributed by atoms with Gasteiger partial charge in [-0.05, 0) is 61.9 Å². The van der Waals surface area contributed by atoms with Crippen molar-refractivity contribution in [3.63, 3.8) is 0 Å². The molecule has 0 saturated carbocycles. The van der Waals surface area contributed by atoms with Crippen molar-refractivity contribution in [3.05, 3.63) is 57.6 Å². The van der Waals surface area contributed by atoms with Gasteiger partial charge in [0.2, 0.25) is 0 Å². The van der Waals surface area contributed by atoms with Crippen LogP contribution in [-0.4, -0.2) is 50.2 Å². The first-order chi connectivity index (χ1) is 15.5. The molecule has 1 fully saturated rings. The first-order valence-corrected chi connectivity index (χ1v) is 12.2. The number of nitrogens with one attached hydrogen (secondary N) is 2. The summed E-state index contributed by atoms with van der Waals surface area (Å²) in [4.78, 5) is 16.7. The molecule has 1 aromatic heterocycles. The van der Waals surface area contributed by atoms with Crippen LogP contribution in [0.3, 0.4) is 0 Å². The average Bonchev–Trinajstić information content (AvgIpc) is 3.10. The molecule has 4 rings (SSSR count). The van der Waals surface area contributed by atoms with E-state index in [0.717, 1.165) is 65.7 Å². The summed E-state index contributed by atoms with van der Waals surface area (Å²) in [7, 11) is 0. The second-order valence-electron chi connectivity index (χ2n) is 7.79. The van der Waals surface area contributed by atoms with Crippen LogP contribution >= 0.6 is 34.5 Å². The summed E-state index contributed by atoms with van der Waals surface area (Å²) in [5, 5.41) is 7.34. The minimum absolute atomic E-state index is 0.208. The van der Waals surface area contributed by atoms with Gasteiger partial charge in [-0.1, -0.05) is 23.2 Å². The van der Waals surface area contributed by atoms with E-state index in [1.165, 1.54) is 17.4 Å². The van der Waals surface area contributed by atoms with Crippen molar-refractivity contribution in [2.75, 3.05) is 49.5 Å². The van der Waals surface area contributed by atoms with Crippen molar-refractivity contribution in [1.29, 1.82) is 0 Å². The van der Waals surface area contributed by atoms with Crippen LogP contribution in [0.5, 0.6) is 0 Å². The van der Waals surface area contributed by atoms with Crippen LogP contribution < -0.4 is 15.5 Å². The highest BCUT2D eigenvalue weighted by Gasteiger charge is 2.22. The zero-order valence-corrected chi connectivity index (χ0v) is 19.9. The molecule has 5 nitrogen and oxygen atoms in total. The third-order valence-corrected chi connectivity index (χ3v) is 7.15. The molecule has 3 aromatic rings. The van der Waals surface area contributed by atoms with E-state index in [0.29, 0.717) is 17.3 Å². The summed E-state index contributed by atoms with van der Waals surface area (Å²) >= 11 is 13.8. The predicted molar refractivity (Wildman–Crippen MR) is 133 cm³/mol. The Hall–Kier alpha value is -2.06. The fourth-order valence-corrected chi connectivity index (χ4v) is 5.46. The summed E-state index contributed by atoms with van der Waals surface area (Å²) in [6.07, 6.45) is 1.93. The Kier molecular flexibility index (Phi) is 7.73. The number of anilines is 2. The maximum absolute atomic E-state index is 13.5. The van der Waals surface area contributed by atoms with E-state index in [9.17, 15) is 9.18 Å². The van der Waals surface area contributed by atoms with E-state index < -0.39 is 0 Å². The standard InChI is InChI=1S/C23H25Cl2FN4OS/c24-16-3-6-18(7-4-16)28-23(31)27-9-1-2-10-29-11-13-30(14-12-29)21-19-8-5-17(26)15-20(19)32-22(21)25/h3-8,15H,1-2,9-14H2,(H2,27,28,31). The number of unbranched alkanes of at least 4 members (excludes halogenated alkanes) is 1. The Morgan fingerprint density at radius 1 is 1.03 bits per heavy atom. The second-order valence-corrected chi connectivity index (χ2v) is 9.88. The molecule has 2 heterocycles. The fourth-order valence-electron chi connectivity index (χ4n) is 3.89. The Balaban J connectivity index is 1.16. The van der Waals surface area contributed by atoms with Crippen LogP contribution in [0.15, 0.2) is 42.5 Å². The quantitative estimate of drug-likeness (QED) is 0.391. The summed E-state index contributed by atoms with van der Waals surface area (Å²) in [6, 6.07) is 11.7. The first kappa shape index (κ1) is 23.1. The highest BCUT2D eigenvalue weighted by Crippen LogP contribution is 2.42. The molecule has 2 aromatic carbocycles. The van der Waals surface area contributed by atoms with Crippen molar-refractivity contribution in [1.82, 2.24) is 10.2 Å². The SMILES string of the molecule is O=C(NCCCCN1CCN(c2c(Cl)sc3cc(F)ccc23)CC1)Nc1ccc(Cl)cc1.